The van der Waals surface area contributed by atoms with Gasteiger partial charge in [0.1, 0.15) is 0 Å². The van der Waals surface area contributed by atoms with E-state index in [-0.39, 0.29) is 17.8 Å². The van der Waals surface area contributed by atoms with Crippen molar-refractivity contribution in [3.63, 3.8) is 0 Å². The maximum absolute atomic E-state index is 13.0. The molecule has 0 radical (unpaired) electrons. The van der Waals surface area contributed by atoms with Gasteiger partial charge in [-0.3, -0.25) is 4.79 Å². The first-order valence-electron chi connectivity index (χ1n) is 7.89. The molecule has 1 aliphatic carbocycles. The van der Waals surface area contributed by atoms with Crippen LogP contribution in [0.25, 0.3) is 0 Å². The van der Waals surface area contributed by atoms with E-state index in [0.717, 1.165) is 32.4 Å². The lowest BCUT2D eigenvalue weighted by Gasteiger charge is -2.29. The van der Waals surface area contributed by atoms with Crippen LogP contribution in [-0.2, 0) is 10.2 Å². The van der Waals surface area contributed by atoms with Gasteiger partial charge < -0.3 is 10.2 Å². The molecule has 2 aliphatic heterocycles. The van der Waals surface area contributed by atoms with E-state index in [9.17, 15) is 4.79 Å². The standard InChI is InChI=1S/C17H22N2O.ClH/c20-16(17(9-10-17)13-4-2-1-3-5-13)19-11-8-14-6-7-15(12-19)18-14;/h1-5,14-15,18H,6-12H2;1H. The minimum absolute atomic E-state index is 0. The zero-order valence-corrected chi connectivity index (χ0v) is 13.1. The molecule has 1 N–H and O–H groups in total. The molecule has 3 fully saturated rings. The van der Waals surface area contributed by atoms with Crippen LogP contribution in [0.4, 0.5) is 0 Å². The van der Waals surface area contributed by atoms with Crippen LogP contribution in [0, 0.1) is 0 Å². The molecule has 1 aromatic rings. The van der Waals surface area contributed by atoms with Crippen molar-refractivity contribution in [3.05, 3.63) is 35.9 Å². The molecule has 114 valence electrons. The number of fused-ring (bicyclic) bond motifs is 2. The summed E-state index contributed by atoms with van der Waals surface area (Å²) >= 11 is 0. The Hall–Kier alpha value is -1.06. The van der Waals surface area contributed by atoms with E-state index >= 15 is 0 Å². The van der Waals surface area contributed by atoms with Gasteiger partial charge in [-0.05, 0) is 37.7 Å². The number of benzene rings is 1. The molecule has 2 bridgehead atoms. The molecule has 2 atom stereocenters. The SMILES string of the molecule is Cl.O=C(N1CCC2CCC(C1)N2)C1(c2ccccc2)CC1. The molecular formula is C17H23ClN2O. The number of amides is 1. The lowest BCUT2D eigenvalue weighted by molar-refractivity contribution is -0.134. The average Bonchev–Trinajstić information content (AvgIpc) is 3.20. The van der Waals surface area contributed by atoms with Crippen LogP contribution in [-0.4, -0.2) is 36.0 Å². The minimum Gasteiger partial charge on any atom is -0.340 e. The van der Waals surface area contributed by atoms with E-state index < -0.39 is 0 Å². The minimum atomic E-state index is -0.190. The van der Waals surface area contributed by atoms with Crippen LogP contribution in [0.3, 0.4) is 0 Å². The Labute approximate surface area is 132 Å². The smallest absolute Gasteiger partial charge is 0.233 e. The van der Waals surface area contributed by atoms with Crippen LogP contribution in [0.5, 0.6) is 0 Å². The number of carbonyl (C=O) groups excluding carboxylic acids is 1. The van der Waals surface area contributed by atoms with Crippen molar-refractivity contribution < 1.29 is 4.79 Å². The number of halogens is 1. The van der Waals surface area contributed by atoms with Crippen molar-refractivity contribution in [2.24, 2.45) is 0 Å². The van der Waals surface area contributed by atoms with Crippen LogP contribution >= 0.6 is 12.4 Å². The fourth-order valence-electron chi connectivity index (χ4n) is 3.94. The highest BCUT2D eigenvalue weighted by molar-refractivity contribution is 5.91. The molecule has 4 heteroatoms. The molecule has 21 heavy (non-hydrogen) atoms. The van der Waals surface area contributed by atoms with Crippen molar-refractivity contribution >= 4 is 18.3 Å². The molecule has 1 amide bonds. The summed E-state index contributed by atoms with van der Waals surface area (Å²) < 4.78 is 0. The van der Waals surface area contributed by atoms with Gasteiger partial charge in [-0.15, -0.1) is 12.4 Å². The zero-order valence-electron chi connectivity index (χ0n) is 12.3. The normalized spacial score (nSPS) is 29.4. The summed E-state index contributed by atoms with van der Waals surface area (Å²) in [5.74, 6) is 0.373. The highest BCUT2D eigenvalue weighted by Crippen LogP contribution is 2.49. The van der Waals surface area contributed by atoms with Crippen LogP contribution in [0.15, 0.2) is 30.3 Å². The Morgan fingerprint density at radius 2 is 1.81 bits per heavy atom. The molecule has 0 spiro atoms. The summed E-state index contributed by atoms with van der Waals surface area (Å²) in [6.45, 7) is 1.84. The second-order valence-corrected chi connectivity index (χ2v) is 6.63. The summed E-state index contributed by atoms with van der Waals surface area (Å²) in [5.41, 5.74) is 1.03. The van der Waals surface area contributed by atoms with Gasteiger partial charge in [-0.1, -0.05) is 30.3 Å². The molecule has 2 unspecified atom stereocenters. The van der Waals surface area contributed by atoms with Gasteiger partial charge in [-0.25, -0.2) is 0 Å². The topological polar surface area (TPSA) is 32.3 Å². The Bertz CT molecular complexity index is 515. The molecule has 3 aliphatic rings. The molecule has 3 nitrogen and oxygen atoms in total. The first-order valence-corrected chi connectivity index (χ1v) is 7.89. The molecule has 1 aromatic carbocycles. The first-order chi connectivity index (χ1) is 9.78. The number of nitrogens with one attached hydrogen (secondary N) is 1. The Morgan fingerprint density at radius 1 is 1.10 bits per heavy atom. The van der Waals surface area contributed by atoms with E-state index in [2.05, 4.69) is 34.5 Å². The average molecular weight is 307 g/mol. The largest absolute Gasteiger partial charge is 0.340 e. The number of hydrogen-bond acceptors (Lipinski definition) is 2. The number of likely N-dealkylation sites (tertiary alicyclic amines) is 1. The fraction of sp³-hybridized carbons (Fsp3) is 0.588. The van der Waals surface area contributed by atoms with Crippen LogP contribution in [0.1, 0.15) is 37.7 Å². The predicted octanol–water partition coefficient (Wildman–Crippen LogP) is 2.49. The van der Waals surface area contributed by atoms with Gasteiger partial charge in [0, 0.05) is 25.2 Å². The quantitative estimate of drug-likeness (QED) is 0.910. The molecular weight excluding hydrogens is 284 g/mol. The second kappa shape index (κ2) is 5.62. The van der Waals surface area contributed by atoms with E-state index in [1.54, 1.807) is 0 Å². The molecule has 2 saturated heterocycles. The summed E-state index contributed by atoms with van der Waals surface area (Å²) in [6.07, 6.45) is 5.68. The predicted molar refractivity (Wildman–Crippen MR) is 85.7 cm³/mol. The van der Waals surface area contributed by atoms with Gasteiger partial charge in [0.05, 0.1) is 5.41 Å². The van der Waals surface area contributed by atoms with Crippen molar-refractivity contribution in [2.75, 3.05) is 13.1 Å². The maximum atomic E-state index is 13.0. The van der Waals surface area contributed by atoms with E-state index in [1.165, 1.54) is 18.4 Å². The van der Waals surface area contributed by atoms with Gasteiger partial charge in [0.15, 0.2) is 0 Å². The summed E-state index contributed by atoms with van der Waals surface area (Å²) in [6, 6.07) is 11.5. The molecule has 2 heterocycles. The highest BCUT2D eigenvalue weighted by Gasteiger charge is 2.53. The van der Waals surface area contributed by atoms with Gasteiger partial charge >= 0.3 is 0 Å². The van der Waals surface area contributed by atoms with E-state index in [1.807, 2.05) is 6.07 Å². The van der Waals surface area contributed by atoms with Crippen molar-refractivity contribution in [1.82, 2.24) is 10.2 Å². The third-order valence-electron chi connectivity index (χ3n) is 5.30. The lowest BCUT2D eigenvalue weighted by Crippen LogP contribution is -2.44. The zero-order chi connectivity index (χ0) is 13.6. The third kappa shape index (κ3) is 2.58. The first kappa shape index (κ1) is 14.9. The number of nitrogens with zero attached hydrogens (tertiary/aromatic N) is 1. The van der Waals surface area contributed by atoms with Crippen molar-refractivity contribution in [1.29, 1.82) is 0 Å². The van der Waals surface area contributed by atoms with E-state index in [4.69, 9.17) is 0 Å². The molecule has 0 aromatic heterocycles. The second-order valence-electron chi connectivity index (χ2n) is 6.63. The molecule has 1 saturated carbocycles. The third-order valence-corrected chi connectivity index (χ3v) is 5.30. The fourth-order valence-corrected chi connectivity index (χ4v) is 3.94. The highest BCUT2D eigenvalue weighted by atomic mass is 35.5. The number of hydrogen-bond donors (Lipinski definition) is 1. The summed E-state index contributed by atoms with van der Waals surface area (Å²) in [5, 5.41) is 3.66. The summed E-state index contributed by atoms with van der Waals surface area (Å²) in [4.78, 5) is 15.1. The number of rotatable bonds is 2. The Kier molecular flexibility index (Phi) is 3.98. The van der Waals surface area contributed by atoms with Crippen LogP contribution in [0.2, 0.25) is 0 Å². The van der Waals surface area contributed by atoms with Gasteiger partial charge in [-0.2, -0.15) is 0 Å². The van der Waals surface area contributed by atoms with Gasteiger partial charge in [0.2, 0.25) is 5.91 Å². The van der Waals surface area contributed by atoms with Crippen LogP contribution < -0.4 is 5.32 Å². The Morgan fingerprint density at radius 3 is 2.52 bits per heavy atom. The maximum Gasteiger partial charge on any atom is 0.233 e. The summed E-state index contributed by atoms with van der Waals surface area (Å²) in [7, 11) is 0. The molecule has 4 rings (SSSR count). The van der Waals surface area contributed by atoms with Gasteiger partial charge in [0.25, 0.3) is 0 Å². The lowest BCUT2D eigenvalue weighted by atomic mass is 9.93. The van der Waals surface area contributed by atoms with E-state index in [0.29, 0.717) is 18.0 Å². The Balaban J connectivity index is 0.00000132. The van der Waals surface area contributed by atoms with Crippen molar-refractivity contribution in [3.8, 4) is 0 Å². The van der Waals surface area contributed by atoms with Crippen molar-refractivity contribution in [2.45, 2.75) is 49.6 Å². The number of carbonyl (C=O) groups is 1. The monoisotopic (exact) mass is 306 g/mol.